The monoisotopic (exact) mass is 711 g/mol. The van der Waals surface area contributed by atoms with Crippen LogP contribution in [0.3, 0.4) is 0 Å². The number of amides is 1. The lowest BCUT2D eigenvalue weighted by atomic mass is 10.0. The predicted molar refractivity (Wildman–Crippen MR) is 180 cm³/mol. The lowest BCUT2D eigenvalue weighted by Crippen LogP contribution is -2.61. The number of hydrazone groups is 1. The third-order valence-electron chi connectivity index (χ3n) is 8.28. The number of unbranched alkanes of at least 4 members (excludes halogenated alkanes) is 7. The Bertz CT molecular complexity index is 1150. The highest BCUT2D eigenvalue weighted by molar-refractivity contribution is 8.93. The number of nitrogens with two attached hydrogens (primary N) is 1. The number of nitro groups is 1. The third-order valence-corrected chi connectivity index (χ3v) is 8.28. The van der Waals surface area contributed by atoms with Gasteiger partial charge in [0.2, 0.25) is 0 Å². The van der Waals surface area contributed by atoms with Crippen LogP contribution in [0.2, 0.25) is 0 Å². The fraction of sp³-hybridized carbons (Fsp3) is 0.677. The number of aliphatic carboxylic acids is 1. The molecule has 258 valence electrons. The minimum absolute atomic E-state index is 0. The highest BCUT2D eigenvalue weighted by Crippen LogP contribution is 2.25. The Hall–Kier alpha value is -3.30. The Balaban J connectivity index is 0.00000736. The van der Waals surface area contributed by atoms with Crippen LogP contribution in [-0.4, -0.2) is 81.8 Å². The largest absolute Gasteiger partial charge is 0.480 e. The number of carboxylic acids is 1. The van der Waals surface area contributed by atoms with Gasteiger partial charge in [-0.15, -0.1) is 17.0 Å². The Kier molecular flexibility index (Phi) is 17.5. The summed E-state index contributed by atoms with van der Waals surface area (Å²) in [4.78, 5) is 49.5. The van der Waals surface area contributed by atoms with Crippen LogP contribution in [0.5, 0.6) is 0 Å². The molecule has 0 radical (unpaired) electrons. The number of nitrogens with zero attached hydrogens (tertiary/aromatic N) is 4. The summed E-state index contributed by atoms with van der Waals surface area (Å²) in [5.74, 6) is -2.13. The number of aryl methyl sites for hydroxylation is 1. The number of guanidine groups is 1. The first kappa shape index (κ1) is 38.9. The van der Waals surface area contributed by atoms with Crippen molar-refractivity contribution in [1.82, 2.24) is 15.3 Å². The van der Waals surface area contributed by atoms with Crippen molar-refractivity contribution in [2.24, 2.45) is 10.8 Å². The number of nitrogens with one attached hydrogen (secondary N) is 2. The minimum Gasteiger partial charge on any atom is -0.480 e. The number of hydrogen-bond donors (Lipinski definition) is 4. The maximum absolute atomic E-state index is 13.7. The molecule has 0 aromatic heterocycles. The highest BCUT2D eigenvalue weighted by Gasteiger charge is 2.42. The summed E-state index contributed by atoms with van der Waals surface area (Å²) in [5.41, 5.74) is 6.93. The maximum Gasteiger partial charge on any atom is 0.328 e. The van der Waals surface area contributed by atoms with Crippen molar-refractivity contribution in [1.29, 1.82) is 0 Å². The van der Waals surface area contributed by atoms with Gasteiger partial charge < -0.3 is 20.9 Å². The number of carbonyl (C=O) groups is 3. The molecule has 2 saturated heterocycles. The average molecular weight is 713 g/mol. The van der Waals surface area contributed by atoms with Crippen LogP contribution in [0.25, 0.3) is 0 Å². The second-order valence-electron chi connectivity index (χ2n) is 11.8. The fourth-order valence-electron chi connectivity index (χ4n) is 5.90. The first-order chi connectivity index (χ1) is 21.7. The molecule has 1 aromatic carbocycles. The van der Waals surface area contributed by atoms with E-state index in [-0.39, 0.29) is 28.8 Å². The molecule has 5 N–H and O–H groups in total. The molecule has 2 heterocycles. The number of anilines is 1. The first-order valence-electron chi connectivity index (χ1n) is 16.3. The van der Waals surface area contributed by atoms with Crippen molar-refractivity contribution in [3.63, 3.8) is 0 Å². The van der Waals surface area contributed by atoms with Gasteiger partial charge in [0, 0.05) is 18.8 Å². The van der Waals surface area contributed by atoms with Gasteiger partial charge in [-0.25, -0.2) is 19.9 Å². The first-order valence-corrected chi connectivity index (χ1v) is 16.3. The molecular formula is C31H50BrN7O7. The molecule has 3 rings (SSSR count). The van der Waals surface area contributed by atoms with E-state index in [0.29, 0.717) is 63.9 Å². The van der Waals surface area contributed by atoms with Crippen molar-refractivity contribution in [2.45, 2.75) is 115 Å². The molecule has 0 aliphatic carbocycles. The van der Waals surface area contributed by atoms with Gasteiger partial charge in [-0.05, 0) is 62.6 Å². The minimum atomic E-state index is -1.03. The number of halogens is 1. The number of esters is 1. The Morgan fingerprint density at radius 1 is 1.09 bits per heavy atom. The Morgan fingerprint density at radius 2 is 1.72 bits per heavy atom. The van der Waals surface area contributed by atoms with Gasteiger partial charge in [0.15, 0.2) is 5.03 Å². The molecule has 2 aliphatic rings. The number of ether oxygens (including phenoxy) is 1. The number of benzene rings is 1. The van der Waals surface area contributed by atoms with Gasteiger partial charge in [0.25, 0.3) is 11.9 Å². The number of fused-ring (bicyclic) bond motifs is 1. The van der Waals surface area contributed by atoms with Crippen LogP contribution in [0.1, 0.15) is 96.0 Å². The molecule has 3 atom stereocenters. The van der Waals surface area contributed by atoms with Crippen LogP contribution in [-0.2, 0) is 25.5 Å². The van der Waals surface area contributed by atoms with Crippen LogP contribution >= 0.6 is 17.0 Å². The molecule has 0 bridgehead atoms. The van der Waals surface area contributed by atoms with Crippen LogP contribution in [0, 0.1) is 10.1 Å². The van der Waals surface area contributed by atoms with Crippen molar-refractivity contribution >= 4 is 46.5 Å². The normalized spacial score (nSPS) is 19.4. The summed E-state index contributed by atoms with van der Waals surface area (Å²) >= 11 is 0. The quantitative estimate of drug-likeness (QED) is 0.0426. The van der Waals surface area contributed by atoms with E-state index in [0.717, 1.165) is 24.8 Å². The van der Waals surface area contributed by atoms with E-state index in [2.05, 4.69) is 22.7 Å². The maximum atomic E-state index is 13.7. The van der Waals surface area contributed by atoms with E-state index in [4.69, 9.17) is 10.5 Å². The summed E-state index contributed by atoms with van der Waals surface area (Å²) in [6.07, 6.45) is 12.1. The summed E-state index contributed by atoms with van der Waals surface area (Å²) in [7, 11) is 0. The zero-order valence-electron chi connectivity index (χ0n) is 26.7. The summed E-state index contributed by atoms with van der Waals surface area (Å²) in [6, 6.07) is 4.62. The molecule has 2 fully saturated rings. The number of carbonyl (C=O) groups excluding carboxylic acids is 2. The van der Waals surface area contributed by atoms with Crippen LogP contribution in [0.4, 0.5) is 5.69 Å². The van der Waals surface area contributed by atoms with E-state index in [9.17, 15) is 29.6 Å². The molecule has 0 unspecified atom stereocenters. The number of hydrogen-bond acceptors (Lipinski definition) is 8. The van der Waals surface area contributed by atoms with Crippen molar-refractivity contribution in [2.75, 3.05) is 25.0 Å². The van der Waals surface area contributed by atoms with E-state index in [1.54, 1.807) is 12.1 Å². The van der Waals surface area contributed by atoms with E-state index in [1.807, 2.05) is 17.1 Å². The molecule has 46 heavy (non-hydrogen) atoms. The zero-order valence-corrected chi connectivity index (χ0v) is 28.4. The second kappa shape index (κ2) is 20.7. The van der Waals surface area contributed by atoms with Gasteiger partial charge >= 0.3 is 11.9 Å². The molecule has 0 saturated carbocycles. The van der Waals surface area contributed by atoms with Crippen LogP contribution in [0.15, 0.2) is 29.4 Å². The van der Waals surface area contributed by atoms with Crippen LogP contribution < -0.4 is 16.4 Å². The molecule has 14 nitrogen and oxygen atoms in total. The van der Waals surface area contributed by atoms with Gasteiger partial charge in [-0.2, -0.15) is 0 Å². The van der Waals surface area contributed by atoms with E-state index < -0.39 is 35.1 Å². The van der Waals surface area contributed by atoms with E-state index in [1.165, 1.54) is 37.1 Å². The van der Waals surface area contributed by atoms with Gasteiger partial charge in [-0.1, -0.05) is 64.0 Å². The molecule has 1 aromatic rings. The Labute approximate surface area is 281 Å². The van der Waals surface area contributed by atoms with Gasteiger partial charge in [0.1, 0.15) is 17.2 Å². The Morgan fingerprint density at radius 3 is 2.35 bits per heavy atom. The molecule has 1 amide bonds. The zero-order chi connectivity index (χ0) is 32.6. The fourth-order valence-corrected chi connectivity index (χ4v) is 5.90. The van der Waals surface area contributed by atoms with E-state index >= 15 is 0 Å². The number of rotatable bonds is 18. The van der Waals surface area contributed by atoms with Crippen molar-refractivity contribution < 1.29 is 29.3 Å². The molecule has 0 spiro atoms. The summed E-state index contributed by atoms with van der Waals surface area (Å²) in [5, 5.41) is 31.6. The standard InChI is InChI=1S/C31H49N7O7.BrH/c1-2-3-4-5-6-7-8-9-22-45-30(42)26(19-16-23-14-17-24(18-15-23)33-31(32)35-38(43)44)34-25-12-10-20-36-21-11-13-27(29(40)41)37(36)28(25)39;/h14-15,17-18,25-27,34H,2-13,16,19-22H2,1H3,(H,40,41)(H3,32,33,35);1H/t25-,26-,27-;/m0./s1. The lowest BCUT2D eigenvalue weighted by Gasteiger charge is -2.42. The smallest absolute Gasteiger partial charge is 0.328 e. The summed E-state index contributed by atoms with van der Waals surface area (Å²) in [6.45, 7) is 3.71. The average Bonchev–Trinajstić information content (AvgIpc) is 3.16. The third kappa shape index (κ3) is 12.8. The number of hydrazine groups is 1. The van der Waals surface area contributed by atoms with Gasteiger partial charge in [0.05, 0.1) is 12.6 Å². The van der Waals surface area contributed by atoms with Gasteiger partial charge in [-0.3, -0.25) is 19.9 Å². The molecule has 2 aliphatic heterocycles. The molecule has 15 heteroatoms. The lowest BCUT2D eigenvalue weighted by molar-refractivity contribution is -0.485. The topological polar surface area (TPSA) is 193 Å². The predicted octanol–water partition coefficient (Wildman–Crippen LogP) is 4.21. The molecular weight excluding hydrogens is 662 g/mol. The summed E-state index contributed by atoms with van der Waals surface area (Å²) < 4.78 is 5.68. The highest BCUT2D eigenvalue weighted by atomic mass is 79.9. The number of carboxylic acid groups (broad SMARTS) is 1. The van der Waals surface area contributed by atoms with Crippen molar-refractivity contribution in [3.8, 4) is 0 Å². The SMILES string of the molecule is Br.CCCCCCCCCCOC(=O)[C@H](CCc1ccc(NC(N)=N[N+](=O)[O-])cc1)N[C@H]1CCCN2CCC[C@@H](C(=O)O)N2C1=O. The second-order valence-corrected chi connectivity index (χ2v) is 11.8. The van der Waals surface area contributed by atoms with Crippen molar-refractivity contribution in [3.05, 3.63) is 39.9 Å².